The number of carbonyl (C=O) groups excluding carboxylic acids is 1. The molecule has 0 aliphatic carbocycles. The number of β-lactam (4-membered cyclic amide) rings is 1. The highest BCUT2D eigenvalue weighted by Crippen LogP contribution is 2.32. The first-order valence-electron chi connectivity index (χ1n) is 10.1. The first-order chi connectivity index (χ1) is 14.0. The van der Waals surface area contributed by atoms with Crippen LogP contribution in [0.3, 0.4) is 0 Å². The summed E-state index contributed by atoms with van der Waals surface area (Å²) in [5.41, 5.74) is 1.75. The fraction of sp³-hybridized carbons (Fsp3) is 0.391. The lowest BCUT2D eigenvalue weighted by Gasteiger charge is -2.40. The van der Waals surface area contributed by atoms with E-state index in [0.717, 1.165) is 41.8 Å². The third-order valence-electron chi connectivity index (χ3n) is 5.21. The topological polar surface area (TPSA) is 77.8 Å². The fourth-order valence-corrected chi connectivity index (χ4v) is 4.31. The minimum atomic E-state index is -0.913. The normalized spacial score (nSPS) is 17.5. The molecule has 154 valence electrons. The highest BCUT2D eigenvalue weighted by molar-refractivity contribution is 7.14. The molecule has 1 saturated heterocycles. The minimum absolute atomic E-state index is 0.101. The van der Waals surface area contributed by atoms with Crippen molar-refractivity contribution in [3.8, 4) is 0 Å². The zero-order chi connectivity index (χ0) is 20.8. The number of amides is 1. The van der Waals surface area contributed by atoms with Crippen LogP contribution in [0, 0.1) is 0 Å². The Kier molecular flexibility index (Phi) is 7.23. The first kappa shape index (κ1) is 21.3. The summed E-state index contributed by atoms with van der Waals surface area (Å²) in [5, 5.41) is 19.3. The standard InChI is InChI=1S/C23H27NO4S/c1-2-3-4-8-20(25)16-9-11-17(12-10-16)24-18(15-22(24)26)6-5-7-19-13-14-21(29-19)23(27)28/h5,7,9-14,18,20,25H,2-4,6,8,15H2,1H3,(H,27,28)/t18-,20?/m0/s1. The summed E-state index contributed by atoms with van der Waals surface area (Å²) in [6, 6.07) is 11.1. The number of benzene rings is 1. The van der Waals surface area contributed by atoms with E-state index in [1.807, 2.05) is 36.4 Å². The van der Waals surface area contributed by atoms with E-state index < -0.39 is 12.1 Å². The third-order valence-corrected chi connectivity index (χ3v) is 6.25. The number of hydrogen-bond acceptors (Lipinski definition) is 4. The van der Waals surface area contributed by atoms with Crippen molar-refractivity contribution >= 4 is 35.0 Å². The number of aliphatic hydroxyl groups is 1. The van der Waals surface area contributed by atoms with Crippen molar-refractivity contribution in [1.29, 1.82) is 0 Å². The van der Waals surface area contributed by atoms with Gasteiger partial charge in [-0.15, -0.1) is 11.3 Å². The van der Waals surface area contributed by atoms with E-state index in [1.165, 1.54) is 11.3 Å². The van der Waals surface area contributed by atoms with Gasteiger partial charge >= 0.3 is 5.97 Å². The number of aromatic carboxylic acids is 1. The lowest BCUT2D eigenvalue weighted by Crippen LogP contribution is -2.52. The molecule has 6 heteroatoms. The van der Waals surface area contributed by atoms with Crippen molar-refractivity contribution < 1.29 is 19.8 Å². The zero-order valence-corrected chi connectivity index (χ0v) is 17.4. The maximum atomic E-state index is 12.1. The number of rotatable bonds is 10. The van der Waals surface area contributed by atoms with Gasteiger partial charge in [0.1, 0.15) is 4.88 Å². The maximum absolute atomic E-state index is 12.1. The molecule has 29 heavy (non-hydrogen) atoms. The van der Waals surface area contributed by atoms with E-state index in [1.54, 1.807) is 17.0 Å². The van der Waals surface area contributed by atoms with Gasteiger partial charge in [-0.1, -0.05) is 44.4 Å². The lowest BCUT2D eigenvalue weighted by molar-refractivity contribution is -0.124. The number of carbonyl (C=O) groups is 2. The molecule has 2 aromatic rings. The molecule has 1 aromatic heterocycles. The Labute approximate surface area is 175 Å². The molecule has 0 spiro atoms. The van der Waals surface area contributed by atoms with Crippen LogP contribution in [-0.4, -0.2) is 28.1 Å². The molecule has 1 unspecified atom stereocenters. The number of thiophene rings is 1. The fourth-order valence-electron chi connectivity index (χ4n) is 3.54. The van der Waals surface area contributed by atoms with Crippen LogP contribution < -0.4 is 4.90 Å². The highest BCUT2D eigenvalue weighted by atomic mass is 32.1. The molecule has 0 bridgehead atoms. The number of nitrogens with zero attached hydrogens (tertiary/aromatic N) is 1. The van der Waals surface area contributed by atoms with Crippen LogP contribution in [-0.2, 0) is 4.79 Å². The van der Waals surface area contributed by atoms with Crippen LogP contribution in [0.4, 0.5) is 5.69 Å². The number of anilines is 1. The molecule has 5 nitrogen and oxygen atoms in total. The van der Waals surface area contributed by atoms with Gasteiger partial charge in [0.15, 0.2) is 0 Å². The molecule has 0 saturated carbocycles. The van der Waals surface area contributed by atoms with Crippen LogP contribution in [0.15, 0.2) is 42.5 Å². The molecule has 2 N–H and O–H groups in total. The summed E-state index contributed by atoms with van der Waals surface area (Å²) >= 11 is 1.24. The minimum Gasteiger partial charge on any atom is -0.477 e. The van der Waals surface area contributed by atoms with E-state index in [2.05, 4.69) is 6.92 Å². The summed E-state index contributed by atoms with van der Waals surface area (Å²) in [4.78, 5) is 26.1. The Morgan fingerprint density at radius 3 is 2.62 bits per heavy atom. The first-order valence-corrected chi connectivity index (χ1v) is 10.9. The molecule has 1 aliphatic heterocycles. The van der Waals surface area contributed by atoms with Crippen LogP contribution in [0.25, 0.3) is 6.08 Å². The van der Waals surface area contributed by atoms with Gasteiger partial charge in [-0.05, 0) is 48.7 Å². The lowest BCUT2D eigenvalue weighted by atomic mass is 9.96. The Hall–Kier alpha value is -2.44. The van der Waals surface area contributed by atoms with Gasteiger partial charge in [0, 0.05) is 23.0 Å². The van der Waals surface area contributed by atoms with Gasteiger partial charge in [0.25, 0.3) is 0 Å². The van der Waals surface area contributed by atoms with Crippen LogP contribution in [0.1, 0.15) is 71.7 Å². The van der Waals surface area contributed by atoms with Crippen LogP contribution in [0.2, 0.25) is 0 Å². The van der Waals surface area contributed by atoms with E-state index in [0.29, 0.717) is 17.7 Å². The number of aliphatic hydroxyl groups excluding tert-OH is 1. The van der Waals surface area contributed by atoms with Gasteiger partial charge in [0.2, 0.25) is 5.91 Å². The molecular formula is C23H27NO4S. The molecule has 3 rings (SSSR count). The largest absolute Gasteiger partial charge is 0.477 e. The molecule has 1 aromatic carbocycles. The van der Waals surface area contributed by atoms with Crippen molar-refractivity contribution in [2.75, 3.05) is 4.90 Å². The summed E-state index contributed by atoms with van der Waals surface area (Å²) in [6.45, 7) is 2.14. The van der Waals surface area contributed by atoms with Crippen molar-refractivity contribution in [3.05, 3.63) is 57.8 Å². The van der Waals surface area contributed by atoms with Crippen molar-refractivity contribution in [1.82, 2.24) is 0 Å². The SMILES string of the molecule is CCCCCC(O)c1ccc(N2C(=O)C[C@@H]2CC=Cc2ccc(C(=O)O)s2)cc1. The average Bonchev–Trinajstić information content (AvgIpc) is 3.17. The maximum Gasteiger partial charge on any atom is 0.345 e. The number of carboxylic acids is 1. The molecule has 0 radical (unpaired) electrons. The average molecular weight is 414 g/mol. The van der Waals surface area contributed by atoms with Crippen molar-refractivity contribution in [3.63, 3.8) is 0 Å². The van der Waals surface area contributed by atoms with Gasteiger partial charge in [-0.3, -0.25) is 4.79 Å². The summed E-state index contributed by atoms with van der Waals surface area (Å²) in [6.07, 6.45) is 8.70. The van der Waals surface area contributed by atoms with Gasteiger partial charge in [0.05, 0.1) is 6.10 Å². The molecule has 2 heterocycles. The van der Waals surface area contributed by atoms with E-state index in [9.17, 15) is 14.7 Å². The van der Waals surface area contributed by atoms with Crippen LogP contribution >= 0.6 is 11.3 Å². The van der Waals surface area contributed by atoms with E-state index >= 15 is 0 Å². The second-order valence-electron chi connectivity index (χ2n) is 7.37. The number of hydrogen-bond donors (Lipinski definition) is 2. The van der Waals surface area contributed by atoms with E-state index in [4.69, 9.17) is 5.11 Å². The van der Waals surface area contributed by atoms with Gasteiger partial charge < -0.3 is 15.1 Å². The Morgan fingerprint density at radius 2 is 2.00 bits per heavy atom. The van der Waals surface area contributed by atoms with Crippen molar-refractivity contribution in [2.24, 2.45) is 0 Å². The quantitative estimate of drug-likeness (QED) is 0.411. The molecule has 1 fully saturated rings. The predicted octanol–water partition coefficient (Wildman–Crippen LogP) is 5.27. The van der Waals surface area contributed by atoms with E-state index in [-0.39, 0.29) is 11.9 Å². The number of carboxylic acid groups (broad SMARTS) is 1. The molecule has 2 atom stereocenters. The summed E-state index contributed by atoms with van der Waals surface area (Å²) in [7, 11) is 0. The summed E-state index contributed by atoms with van der Waals surface area (Å²) in [5.74, 6) is -0.812. The zero-order valence-electron chi connectivity index (χ0n) is 16.6. The third kappa shape index (κ3) is 5.34. The summed E-state index contributed by atoms with van der Waals surface area (Å²) < 4.78 is 0. The Balaban J connectivity index is 1.57. The molecular weight excluding hydrogens is 386 g/mol. The van der Waals surface area contributed by atoms with Gasteiger partial charge in [-0.25, -0.2) is 4.79 Å². The van der Waals surface area contributed by atoms with Crippen LogP contribution in [0.5, 0.6) is 0 Å². The van der Waals surface area contributed by atoms with Crippen molar-refractivity contribution in [2.45, 2.75) is 57.6 Å². The molecule has 1 amide bonds. The van der Waals surface area contributed by atoms with Gasteiger partial charge in [-0.2, -0.15) is 0 Å². The monoisotopic (exact) mass is 413 g/mol. The Morgan fingerprint density at radius 1 is 1.24 bits per heavy atom. The predicted molar refractivity (Wildman–Crippen MR) is 116 cm³/mol. The second kappa shape index (κ2) is 9.85. The highest BCUT2D eigenvalue weighted by Gasteiger charge is 2.36. The smallest absolute Gasteiger partial charge is 0.345 e. The molecule has 1 aliphatic rings. The second-order valence-corrected chi connectivity index (χ2v) is 8.49. The Bertz CT molecular complexity index is 871. The number of unbranched alkanes of at least 4 members (excludes halogenated alkanes) is 2.